The summed E-state index contributed by atoms with van der Waals surface area (Å²) in [5.74, 6) is 1.93. The van der Waals surface area contributed by atoms with Crippen LogP contribution in [0.25, 0.3) is 0 Å². The SMILES string of the molecule is NC(=O)CCn1c(SCC(=O)NC2CCOc3ccccc32)nnc1C1CC1. The summed E-state index contributed by atoms with van der Waals surface area (Å²) in [4.78, 5) is 23.7. The van der Waals surface area contributed by atoms with Crippen molar-refractivity contribution in [3.8, 4) is 5.75 Å². The van der Waals surface area contributed by atoms with Crippen molar-refractivity contribution in [3.05, 3.63) is 35.7 Å². The van der Waals surface area contributed by atoms with Crippen molar-refractivity contribution in [2.45, 2.75) is 49.3 Å². The molecule has 4 rings (SSSR count). The fourth-order valence-corrected chi connectivity index (χ4v) is 4.12. The van der Waals surface area contributed by atoms with Crippen LogP contribution in [0.2, 0.25) is 0 Å². The first kappa shape index (κ1) is 18.8. The molecule has 3 N–H and O–H groups in total. The van der Waals surface area contributed by atoms with E-state index in [4.69, 9.17) is 10.5 Å². The number of primary amides is 1. The Hall–Kier alpha value is -2.55. The minimum atomic E-state index is -0.359. The van der Waals surface area contributed by atoms with Gasteiger partial charge < -0.3 is 20.4 Å². The molecule has 1 aliphatic carbocycles. The lowest BCUT2D eigenvalue weighted by Crippen LogP contribution is -2.33. The van der Waals surface area contributed by atoms with Crippen molar-refractivity contribution in [2.24, 2.45) is 5.73 Å². The van der Waals surface area contributed by atoms with E-state index in [1.165, 1.54) is 11.8 Å². The molecule has 148 valence electrons. The van der Waals surface area contributed by atoms with E-state index < -0.39 is 0 Å². The standard InChI is InChI=1S/C19H23N5O3S/c20-16(25)7-9-24-18(12-5-6-12)22-23-19(24)28-11-17(26)21-14-8-10-27-15-4-2-1-3-13(14)15/h1-4,12,14H,5-11H2,(H2,20,25)(H,21,26). The molecule has 0 radical (unpaired) electrons. The molecule has 28 heavy (non-hydrogen) atoms. The van der Waals surface area contributed by atoms with Crippen LogP contribution in [0.1, 0.15) is 49.0 Å². The van der Waals surface area contributed by atoms with Crippen LogP contribution in [0.15, 0.2) is 29.4 Å². The third-order valence-corrected chi connectivity index (χ3v) is 5.86. The third-order valence-electron chi connectivity index (χ3n) is 4.90. The molecular weight excluding hydrogens is 378 g/mol. The van der Waals surface area contributed by atoms with Crippen LogP contribution in [0.5, 0.6) is 5.75 Å². The number of amides is 2. The molecule has 2 aliphatic rings. The average molecular weight is 401 g/mol. The molecule has 1 aromatic heterocycles. The Kier molecular flexibility index (Phi) is 5.52. The number of rotatable bonds is 8. The number of benzene rings is 1. The molecule has 9 heteroatoms. The van der Waals surface area contributed by atoms with E-state index in [0.717, 1.165) is 36.4 Å². The summed E-state index contributed by atoms with van der Waals surface area (Å²) < 4.78 is 7.58. The molecule has 0 saturated heterocycles. The smallest absolute Gasteiger partial charge is 0.230 e. The number of nitrogens with one attached hydrogen (secondary N) is 1. The highest BCUT2D eigenvalue weighted by Crippen LogP contribution is 2.40. The number of carbonyl (C=O) groups excluding carboxylic acids is 2. The van der Waals surface area contributed by atoms with Gasteiger partial charge in [-0.3, -0.25) is 9.59 Å². The lowest BCUT2D eigenvalue weighted by molar-refractivity contribution is -0.120. The van der Waals surface area contributed by atoms with E-state index in [9.17, 15) is 9.59 Å². The maximum absolute atomic E-state index is 12.5. The topological polar surface area (TPSA) is 112 Å². The summed E-state index contributed by atoms with van der Waals surface area (Å²) in [6.07, 6.45) is 3.15. The van der Waals surface area contributed by atoms with Gasteiger partial charge in [0.2, 0.25) is 11.8 Å². The number of fused-ring (bicyclic) bond motifs is 1. The summed E-state index contributed by atoms with van der Waals surface area (Å²) in [5.41, 5.74) is 6.30. The van der Waals surface area contributed by atoms with Gasteiger partial charge in [-0.15, -0.1) is 10.2 Å². The number of hydrogen-bond acceptors (Lipinski definition) is 6. The first-order valence-corrected chi connectivity index (χ1v) is 10.5. The van der Waals surface area contributed by atoms with Crippen molar-refractivity contribution < 1.29 is 14.3 Å². The minimum absolute atomic E-state index is 0.0483. The Morgan fingerprint density at radius 2 is 2.07 bits per heavy atom. The van der Waals surface area contributed by atoms with Crippen LogP contribution in [0, 0.1) is 0 Å². The number of nitrogens with zero attached hydrogens (tertiary/aromatic N) is 3. The van der Waals surface area contributed by atoms with Gasteiger partial charge in [-0.1, -0.05) is 30.0 Å². The second-order valence-electron chi connectivity index (χ2n) is 7.07. The van der Waals surface area contributed by atoms with Crippen LogP contribution in [-0.4, -0.2) is 38.9 Å². The van der Waals surface area contributed by atoms with Crippen LogP contribution < -0.4 is 15.8 Å². The van der Waals surface area contributed by atoms with E-state index >= 15 is 0 Å². The van der Waals surface area contributed by atoms with E-state index in [1.54, 1.807) is 0 Å². The Labute approximate surface area is 167 Å². The summed E-state index contributed by atoms with van der Waals surface area (Å²) in [6, 6.07) is 7.72. The Morgan fingerprint density at radius 1 is 1.25 bits per heavy atom. The normalized spacial score (nSPS) is 18.2. The third kappa shape index (κ3) is 4.30. The zero-order valence-corrected chi connectivity index (χ0v) is 16.3. The molecule has 2 aromatic rings. The van der Waals surface area contributed by atoms with Crippen molar-refractivity contribution >= 4 is 23.6 Å². The highest BCUT2D eigenvalue weighted by atomic mass is 32.2. The first-order chi connectivity index (χ1) is 13.6. The zero-order valence-electron chi connectivity index (χ0n) is 15.5. The molecule has 1 fully saturated rings. The summed E-state index contributed by atoms with van der Waals surface area (Å²) in [5, 5.41) is 12.2. The molecule has 2 heterocycles. The second kappa shape index (κ2) is 8.22. The van der Waals surface area contributed by atoms with Gasteiger partial charge in [-0.25, -0.2) is 0 Å². The lowest BCUT2D eigenvalue weighted by atomic mass is 10.0. The largest absolute Gasteiger partial charge is 0.493 e. The van der Waals surface area contributed by atoms with Crippen LogP contribution in [0.4, 0.5) is 0 Å². The molecule has 0 spiro atoms. The van der Waals surface area contributed by atoms with Gasteiger partial charge in [0.05, 0.1) is 18.4 Å². The fraction of sp³-hybridized carbons (Fsp3) is 0.474. The highest BCUT2D eigenvalue weighted by Gasteiger charge is 2.30. The predicted molar refractivity (Wildman–Crippen MR) is 104 cm³/mol. The zero-order chi connectivity index (χ0) is 19.5. The monoisotopic (exact) mass is 401 g/mol. The number of nitrogens with two attached hydrogens (primary N) is 1. The van der Waals surface area contributed by atoms with Crippen LogP contribution in [0.3, 0.4) is 0 Å². The molecular formula is C19H23N5O3S. The Bertz CT molecular complexity index is 880. The molecule has 0 bridgehead atoms. The van der Waals surface area contributed by atoms with Gasteiger partial charge in [0.25, 0.3) is 0 Å². The maximum Gasteiger partial charge on any atom is 0.230 e. The van der Waals surface area contributed by atoms with Crippen molar-refractivity contribution in [1.82, 2.24) is 20.1 Å². The average Bonchev–Trinajstić information content (AvgIpc) is 3.45. The number of thioether (sulfide) groups is 1. The highest BCUT2D eigenvalue weighted by molar-refractivity contribution is 7.99. The maximum atomic E-state index is 12.5. The van der Waals surface area contributed by atoms with Gasteiger partial charge in [-0.2, -0.15) is 0 Å². The van der Waals surface area contributed by atoms with Crippen LogP contribution >= 0.6 is 11.8 Å². The molecule has 2 amide bonds. The molecule has 1 aliphatic heterocycles. The minimum Gasteiger partial charge on any atom is -0.493 e. The Balaban J connectivity index is 1.38. The van der Waals surface area contributed by atoms with E-state index in [-0.39, 0.29) is 30.0 Å². The van der Waals surface area contributed by atoms with Gasteiger partial charge in [0.15, 0.2) is 5.16 Å². The van der Waals surface area contributed by atoms with Gasteiger partial charge in [0.1, 0.15) is 11.6 Å². The van der Waals surface area contributed by atoms with Gasteiger partial charge in [-0.05, 0) is 18.9 Å². The first-order valence-electron chi connectivity index (χ1n) is 9.47. The number of aromatic nitrogens is 3. The molecule has 1 atom stereocenters. The number of para-hydroxylation sites is 1. The van der Waals surface area contributed by atoms with Crippen molar-refractivity contribution in [2.75, 3.05) is 12.4 Å². The van der Waals surface area contributed by atoms with Gasteiger partial charge in [0, 0.05) is 30.9 Å². The number of hydrogen-bond donors (Lipinski definition) is 2. The quantitative estimate of drug-likeness (QED) is 0.652. The van der Waals surface area contributed by atoms with Crippen molar-refractivity contribution in [1.29, 1.82) is 0 Å². The Morgan fingerprint density at radius 3 is 2.86 bits per heavy atom. The van der Waals surface area contributed by atoms with E-state index in [0.29, 0.717) is 24.2 Å². The number of ether oxygens (including phenoxy) is 1. The van der Waals surface area contributed by atoms with Gasteiger partial charge >= 0.3 is 0 Å². The predicted octanol–water partition coefficient (Wildman–Crippen LogP) is 1.76. The summed E-state index contributed by atoms with van der Waals surface area (Å²) in [6.45, 7) is 1.03. The molecule has 1 unspecified atom stereocenters. The molecule has 1 saturated carbocycles. The number of carbonyl (C=O) groups is 2. The van der Waals surface area contributed by atoms with Crippen molar-refractivity contribution in [3.63, 3.8) is 0 Å². The molecule has 1 aromatic carbocycles. The summed E-state index contributed by atoms with van der Waals surface area (Å²) in [7, 11) is 0. The second-order valence-corrected chi connectivity index (χ2v) is 8.01. The van der Waals surface area contributed by atoms with Crippen LogP contribution in [-0.2, 0) is 16.1 Å². The fourth-order valence-electron chi connectivity index (χ4n) is 3.34. The lowest BCUT2D eigenvalue weighted by Gasteiger charge is -2.26. The van der Waals surface area contributed by atoms with E-state index in [1.807, 2.05) is 28.8 Å². The molecule has 8 nitrogen and oxygen atoms in total. The summed E-state index contributed by atoms with van der Waals surface area (Å²) >= 11 is 1.34. The van der Waals surface area contributed by atoms with E-state index in [2.05, 4.69) is 15.5 Å².